The van der Waals surface area contributed by atoms with Crippen LogP contribution in [0.1, 0.15) is 49.2 Å². The number of ether oxygens (including phenoxy) is 2. The second-order valence-corrected chi connectivity index (χ2v) is 8.57. The van der Waals surface area contributed by atoms with E-state index in [1.165, 1.54) is 5.56 Å². The quantitative estimate of drug-likeness (QED) is 0.522. The fourth-order valence-corrected chi connectivity index (χ4v) is 3.56. The number of benzene rings is 2. The van der Waals surface area contributed by atoms with Gasteiger partial charge < -0.3 is 20.1 Å². The van der Waals surface area contributed by atoms with E-state index < -0.39 is 5.54 Å². The minimum atomic E-state index is -0.458. The zero-order valence-corrected chi connectivity index (χ0v) is 17.7. The molecule has 0 aromatic heterocycles. The van der Waals surface area contributed by atoms with E-state index in [-0.39, 0.29) is 11.5 Å². The van der Waals surface area contributed by atoms with Crippen molar-refractivity contribution in [2.75, 3.05) is 13.2 Å². The predicted molar refractivity (Wildman–Crippen MR) is 115 cm³/mol. The Morgan fingerprint density at radius 1 is 1.17 bits per heavy atom. The van der Waals surface area contributed by atoms with Crippen molar-refractivity contribution in [3.8, 4) is 5.75 Å². The molecule has 1 amide bonds. The normalized spacial score (nSPS) is 18.0. The molecule has 1 heterocycles. The Morgan fingerprint density at radius 2 is 1.90 bits per heavy atom. The fourth-order valence-electron chi connectivity index (χ4n) is 3.56. The van der Waals surface area contributed by atoms with E-state index in [0.717, 1.165) is 17.7 Å². The van der Waals surface area contributed by atoms with E-state index in [1.807, 2.05) is 57.2 Å². The summed E-state index contributed by atoms with van der Waals surface area (Å²) >= 11 is 0. The van der Waals surface area contributed by atoms with Crippen LogP contribution in [0.15, 0.2) is 61.0 Å². The highest BCUT2D eigenvalue weighted by Crippen LogP contribution is 2.36. The fraction of sp³-hybridized carbons (Fsp3) is 0.375. The van der Waals surface area contributed by atoms with Gasteiger partial charge in [0.05, 0.1) is 12.1 Å². The topological polar surface area (TPSA) is 59.6 Å². The van der Waals surface area contributed by atoms with Gasteiger partial charge in [0.25, 0.3) is 5.91 Å². The standard InChI is InChI=1S/C24H30N2O3/c1-17(29-23(2,3)4)25-13-14-28-19-11-12-20-21(15-19)24(5,26-22(20)27)16-18-9-7-6-8-10-18/h6-12,15,25H,1,13-14,16H2,2-5H3,(H,26,27). The predicted octanol–water partition coefficient (Wildman–Crippen LogP) is 4.14. The Kier molecular flexibility index (Phi) is 5.87. The third kappa shape index (κ3) is 5.31. The summed E-state index contributed by atoms with van der Waals surface area (Å²) in [6.45, 7) is 12.9. The first-order valence-corrected chi connectivity index (χ1v) is 9.92. The summed E-state index contributed by atoms with van der Waals surface area (Å²) in [5.41, 5.74) is 2.11. The lowest BCUT2D eigenvalue weighted by Gasteiger charge is -2.26. The van der Waals surface area contributed by atoms with Gasteiger partial charge in [-0.15, -0.1) is 0 Å². The zero-order chi connectivity index (χ0) is 21.1. The molecule has 2 N–H and O–H groups in total. The molecule has 0 bridgehead atoms. The maximum absolute atomic E-state index is 12.4. The van der Waals surface area contributed by atoms with E-state index in [9.17, 15) is 4.79 Å². The summed E-state index contributed by atoms with van der Waals surface area (Å²) in [6.07, 6.45) is 0.724. The average molecular weight is 395 g/mol. The van der Waals surface area contributed by atoms with Crippen LogP contribution in [0, 0.1) is 0 Å². The molecule has 1 aliphatic rings. The van der Waals surface area contributed by atoms with Crippen LogP contribution in [0.2, 0.25) is 0 Å². The first-order chi connectivity index (χ1) is 13.7. The molecule has 5 heteroatoms. The van der Waals surface area contributed by atoms with Crippen LogP contribution < -0.4 is 15.4 Å². The van der Waals surface area contributed by atoms with Crippen LogP contribution in [0.5, 0.6) is 5.75 Å². The van der Waals surface area contributed by atoms with E-state index in [1.54, 1.807) is 0 Å². The van der Waals surface area contributed by atoms with Gasteiger partial charge in [0.15, 0.2) is 5.88 Å². The number of carbonyl (C=O) groups is 1. The molecule has 3 rings (SSSR count). The number of nitrogens with one attached hydrogen (secondary N) is 2. The molecule has 0 fully saturated rings. The van der Waals surface area contributed by atoms with Crippen molar-refractivity contribution in [3.63, 3.8) is 0 Å². The van der Waals surface area contributed by atoms with Crippen LogP contribution >= 0.6 is 0 Å². The van der Waals surface area contributed by atoms with Gasteiger partial charge in [-0.25, -0.2) is 0 Å². The van der Waals surface area contributed by atoms with Crippen molar-refractivity contribution in [2.45, 2.75) is 45.3 Å². The average Bonchev–Trinajstić information content (AvgIpc) is 2.88. The second kappa shape index (κ2) is 8.19. The molecule has 0 saturated heterocycles. The van der Waals surface area contributed by atoms with Crippen LogP contribution in [0.4, 0.5) is 0 Å². The monoisotopic (exact) mass is 394 g/mol. The van der Waals surface area contributed by atoms with Gasteiger partial charge in [0, 0.05) is 5.56 Å². The van der Waals surface area contributed by atoms with E-state index >= 15 is 0 Å². The van der Waals surface area contributed by atoms with E-state index in [4.69, 9.17) is 9.47 Å². The van der Waals surface area contributed by atoms with E-state index in [0.29, 0.717) is 24.6 Å². The van der Waals surface area contributed by atoms with Gasteiger partial charge in [-0.1, -0.05) is 30.3 Å². The van der Waals surface area contributed by atoms with Gasteiger partial charge in [0.1, 0.15) is 18.0 Å². The lowest BCUT2D eigenvalue weighted by Crippen LogP contribution is -2.38. The molecule has 1 unspecified atom stereocenters. The molecule has 1 atom stereocenters. The molecule has 29 heavy (non-hydrogen) atoms. The Morgan fingerprint density at radius 3 is 2.59 bits per heavy atom. The minimum Gasteiger partial charge on any atom is -0.492 e. The first-order valence-electron chi connectivity index (χ1n) is 9.92. The number of amides is 1. The molecule has 2 aromatic carbocycles. The molecule has 154 valence electrons. The van der Waals surface area contributed by atoms with Crippen LogP contribution in [0.25, 0.3) is 0 Å². The zero-order valence-electron chi connectivity index (χ0n) is 17.7. The molecule has 0 aliphatic carbocycles. The van der Waals surface area contributed by atoms with Crippen molar-refractivity contribution in [1.29, 1.82) is 0 Å². The lowest BCUT2D eigenvalue weighted by molar-refractivity contribution is 0.0407. The third-order valence-corrected chi connectivity index (χ3v) is 4.74. The minimum absolute atomic E-state index is 0.0396. The van der Waals surface area contributed by atoms with Gasteiger partial charge in [0.2, 0.25) is 0 Å². The summed E-state index contributed by atoms with van der Waals surface area (Å²) in [6, 6.07) is 15.8. The highest BCUT2D eigenvalue weighted by Gasteiger charge is 2.39. The van der Waals surface area contributed by atoms with Crippen LogP contribution in [0.3, 0.4) is 0 Å². The summed E-state index contributed by atoms with van der Waals surface area (Å²) < 4.78 is 11.5. The van der Waals surface area contributed by atoms with Gasteiger partial charge in [-0.3, -0.25) is 4.79 Å². The number of hydrogen-bond donors (Lipinski definition) is 2. The SMILES string of the molecule is C=C(NCCOc1ccc2c(c1)C(C)(Cc1ccccc1)NC2=O)OC(C)(C)C. The highest BCUT2D eigenvalue weighted by molar-refractivity contribution is 6.00. The molecule has 2 aromatic rings. The van der Waals surface area contributed by atoms with Crippen LogP contribution in [-0.4, -0.2) is 24.7 Å². The maximum atomic E-state index is 12.4. The van der Waals surface area contributed by atoms with Gasteiger partial charge in [-0.05, 0) is 70.0 Å². The smallest absolute Gasteiger partial charge is 0.252 e. The van der Waals surface area contributed by atoms with Crippen molar-refractivity contribution in [1.82, 2.24) is 10.6 Å². The van der Waals surface area contributed by atoms with Gasteiger partial charge >= 0.3 is 0 Å². The molecule has 0 radical (unpaired) electrons. The summed E-state index contributed by atoms with van der Waals surface area (Å²) in [5.74, 6) is 1.23. The first kappa shape index (κ1) is 20.8. The molecular weight excluding hydrogens is 364 g/mol. The Balaban J connectivity index is 1.63. The number of carbonyl (C=O) groups excluding carboxylic acids is 1. The summed E-state index contributed by atoms with van der Waals surface area (Å²) in [4.78, 5) is 12.4. The molecular formula is C24H30N2O3. The third-order valence-electron chi connectivity index (χ3n) is 4.74. The number of rotatable bonds is 8. The summed E-state index contributed by atoms with van der Waals surface area (Å²) in [7, 11) is 0. The van der Waals surface area contributed by atoms with Crippen molar-refractivity contribution >= 4 is 5.91 Å². The molecule has 0 spiro atoms. The number of fused-ring (bicyclic) bond motifs is 1. The Labute approximate surface area is 173 Å². The maximum Gasteiger partial charge on any atom is 0.252 e. The van der Waals surface area contributed by atoms with Crippen molar-refractivity contribution < 1.29 is 14.3 Å². The largest absolute Gasteiger partial charge is 0.492 e. The number of hydrogen-bond acceptors (Lipinski definition) is 4. The lowest BCUT2D eigenvalue weighted by atomic mass is 9.86. The van der Waals surface area contributed by atoms with E-state index in [2.05, 4.69) is 36.3 Å². The highest BCUT2D eigenvalue weighted by atomic mass is 16.5. The van der Waals surface area contributed by atoms with Gasteiger partial charge in [-0.2, -0.15) is 0 Å². The van der Waals surface area contributed by atoms with Crippen molar-refractivity contribution in [3.05, 3.63) is 77.7 Å². The molecule has 5 nitrogen and oxygen atoms in total. The van der Waals surface area contributed by atoms with Crippen LogP contribution in [-0.2, 0) is 16.7 Å². The molecule has 1 aliphatic heterocycles. The Hall–Kier alpha value is -2.95. The Bertz CT molecular complexity index is 887. The van der Waals surface area contributed by atoms with Crippen molar-refractivity contribution in [2.24, 2.45) is 0 Å². The second-order valence-electron chi connectivity index (χ2n) is 8.57. The molecule has 0 saturated carbocycles. The summed E-state index contributed by atoms with van der Waals surface area (Å²) in [5, 5.41) is 6.25.